The summed E-state index contributed by atoms with van der Waals surface area (Å²) in [6, 6.07) is 5.25. The number of ether oxygens (including phenoxy) is 2. The highest BCUT2D eigenvalue weighted by molar-refractivity contribution is 6.07. The zero-order valence-electron chi connectivity index (χ0n) is 12.2. The van der Waals surface area contributed by atoms with Gasteiger partial charge < -0.3 is 14.4 Å². The summed E-state index contributed by atoms with van der Waals surface area (Å²) in [5.74, 6) is -1.68. The molecule has 112 valence electrons. The molecule has 1 aromatic carbocycles. The minimum atomic E-state index is -0.894. The summed E-state index contributed by atoms with van der Waals surface area (Å²) < 4.78 is 9.76. The number of esters is 1. The summed E-state index contributed by atoms with van der Waals surface area (Å²) >= 11 is 0. The molecule has 0 bridgehead atoms. The molecule has 0 aliphatic carbocycles. The van der Waals surface area contributed by atoms with Crippen molar-refractivity contribution in [2.45, 2.75) is 6.92 Å². The molecule has 0 saturated carbocycles. The van der Waals surface area contributed by atoms with Crippen LogP contribution in [-0.2, 0) is 14.3 Å². The monoisotopic (exact) mass is 291 g/mol. The molecular formula is C15H17NO5. The summed E-state index contributed by atoms with van der Waals surface area (Å²) in [6.45, 7) is 1.82. The van der Waals surface area contributed by atoms with Crippen LogP contribution >= 0.6 is 0 Å². The molecule has 1 atom stereocenters. The summed E-state index contributed by atoms with van der Waals surface area (Å²) in [4.78, 5) is 37.2. The van der Waals surface area contributed by atoms with Crippen LogP contribution in [0.1, 0.15) is 15.9 Å². The zero-order chi connectivity index (χ0) is 15.6. The van der Waals surface area contributed by atoms with Gasteiger partial charge in [0.05, 0.1) is 26.3 Å². The highest BCUT2D eigenvalue weighted by Crippen LogP contribution is 2.24. The predicted octanol–water partition coefficient (Wildman–Crippen LogP) is 0.818. The number of carbonyl (C=O) groups is 3. The van der Waals surface area contributed by atoms with E-state index >= 15 is 0 Å². The third-order valence-corrected chi connectivity index (χ3v) is 3.50. The van der Waals surface area contributed by atoms with Crippen LogP contribution in [0.25, 0.3) is 0 Å². The summed E-state index contributed by atoms with van der Waals surface area (Å²) in [5.41, 5.74) is 1.30. The van der Waals surface area contributed by atoms with Crippen LogP contribution in [0.4, 0.5) is 0 Å². The fourth-order valence-corrected chi connectivity index (χ4v) is 2.35. The Morgan fingerprint density at radius 2 is 2.00 bits per heavy atom. The van der Waals surface area contributed by atoms with E-state index in [4.69, 9.17) is 4.74 Å². The van der Waals surface area contributed by atoms with Crippen LogP contribution in [0.2, 0.25) is 0 Å². The average Bonchev–Trinajstić information content (AvgIpc) is 2.87. The van der Waals surface area contributed by atoms with Crippen LogP contribution in [0.3, 0.4) is 0 Å². The first-order valence-electron chi connectivity index (χ1n) is 6.52. The molecule has 0 spiro atoms. The molecular weight excluding hydrogens is 274 g/mol. The van der Waals surface area contributed by atoms with Crippen molar-refractivity contribution in [3.8, 4) is 5.75 Å². The highest BCUT2D eigenvalue weighted by Gasteiger charge is 2.39. The molecule has 1 saturated heterocycles. The summed E-state index contributed by atoms with van der Waals surface area (Å²) in [5, 5.41) is 0. The number of likely N-dealkylation sites (tertiary alicyclic amines) is 1. The Balaban J connectivity index is 2.24. The number of nitrogens with zero attached hydrogens (tertiary/aromatic N) is 1. The molecule has 0 radical (unpaired) electrons. The van der Waals surface area contributed by atoms with Gasteiger partial charge in [0.25, 0.3) is 5.91 Å². The summed E-state index contributed by atoms with van der Waals surface area (Å²) in [7, 11) is 2.71. The molecule has 1 heterocycles. The maximum absolute atomic E-state index is 12.5. The van der Waals surface area contributed by atoms with Gasteiger partial charge in [0.1, 0.15) is 11.7 Å². The van der Waals surface area contributed by atoms with E-state index in [1.165, 1.54) is 19.1 Å². The van der Waals surface area contributed by atoms with E-state index in [2.05, 4.69) is 4.74 Å². The topological polar surface area (TPSA) is 72.9 Å². The number of aryl methyl sites for hydroxylation is 1. The smallest absolute Gasteiger partial charge is 0.318 e. The average molecular weight is 291 g/mol. The van der Waals surface area contributed by atoms with Gasteiger partial charge in [-0.15, -0.1) is 0 Å². The van der Waals surface area contributed by atoms with Crippen molar-refractivity contribution >= 4 is 17.7 Å². The number of carbonyl (C=O) groups excluding carboxylic acids is 3. The number of hydrogen-bond donors (Lipinski definition) is 0. The lowest BCUT2D eigenvalue weighted by atomic mass is 10.1. The highest BCUT2D eigenvalue weighted by atomic mass is 16.5. The van der Waals surface area contributed by atoms with Crippen molar-refractivity contribution in [2.75, 3.05) is 27.3 Å². The molecule has 0 N–H and O–H groups in total. The fraction of sp³-hybridized carbons (Fsp3) is 0.400. The second kappa shape index (κ2) is 5.95. The number of hydrogen-bond acceptors (Lipinski definition) is 5. The number of rotatable bonds is 3. The first-order valence-corrected chi connectivity index (χ1v) is 6.52. The van der Waals surface area contributed by atoms with E-state index in [0.29, 0.717) is 11.3 Å². The maximum Gasteiger partial charge on any atom is 0.318 e. The van der Waals surface area contributed by atoms with E-state index in [1.54, 1.807) is 12.1 Å². The first-order chi connectivity index (χ1) is 9.97. The fourth-order valence-electron chi connectivity index (χ4n) is 2.35. The maximum atomic E-state index is 12.5. The largest absolute Gasteiger partial charge is 0.496 e. The van der Waals surface area contributed by atoms with Gasteiger partial charge in [-0.25, -0.2) is 0 Å². The third kappa shape index (κ3) is 2.89. The minimum absolute atomic E-state index is 0.0431. The molecule has 0 aromatic heterocycles. The van der Waals surface area contributed by atoms with Crippen molar-refractivity contribution in [1.29, 1.82) is 0 Å². The molecule has 2 rings (SSSR count). The summed E-state index contributed by atoms with van der Waals surface area (Å²) in [6.07, 6.45) is 0. The molecule has 1 amide bonds. The molecule has 1 fully saturated rings. The normalized spacial score (nSPS) is 17.8. The SMILES string of the molecule is COC(=O)C1CN(C(=O)c2cc(C)ccc2OC)CC1=O. The number of Topliss-reactive ketones (excluding diaryl/α,β-unsaturated/α-hetero) is 1. The van der Waals surface area contributed by atoms with Gasteiger partial charge in [0.2, 0.25) is 0 Å². The lowest BCUT2D eigenvalue weighted by Crippen LogP contribution is -2.30. The minimum Gasteiger partial charge on any atom is -0.496 e. The van der Waals surface area contributed by atoms with Crippen LogP contribution in [0.15, 0.2) is 18.2 Å². The lowest BCUT2D eigenvalue weighted by molar-refractivity contribution is -0.147. The Kier molecular flexibility index (Phi) is 4.26. The first kappa shape index (κ1) is 15.0. The van der Waals surface area contributed by atoms with Crippen molar-refractivity contribution in [2.24, 2.45) is 5.92 Å². The Labute approximate surface area is 122 Å². The Hall–Kier alpha value is -2.37. The van der Waals surface area contributed by atoms with Gasteiger partial charge in [-0.3, -0.25) is 14.4 Å². The Morgan fingerprint density at radius 3 is 2.62 bits per heavy atom. The van der Waals surface area contributed by atoms with Crippen molar-refractivity contribution in [3.63, 3.8) is 0 Å². The number of amides is 1. The van der Waals surface area contributed by atoms with Crippen molar-refractivity contribution < 1.29 is 23.9 Å². The molecule has 6 nitrogen and oxygen atoms in total. The van der Waals surface area contributed by atoms with E-state index in [0.717, 1.165) is 5.56 Å². The second-order valence-electron chi connectivity index (χ2n) is 4.93. The van der Waals surface area contributed by atoms with Gasteiger partial charge in [-0.1, -0.05) is 11.6 Å². The van der Waals surface area contributed by atoms with E-state index in [9.17, 15) is 14.4 Å². The molecule has 1 unspecified atom stereocenters. The molecule has 6 heteroatoms. The van der Waals surface area contributed by atoms with E-state index in [1.807, 2.05) is 13.0 Å². The van der Waals surface area contributed by atoms with Crippen LogP contribution < -0.4 is 4.74 Å². The van der Waals surface area contributed by atoms with E-state index < -0.39 is 11.9 Å². The molecule has 1 aliphatic heterocycles. The quantitative estimate of drug-likeness (QED) is 0.609. The number of ketones is 1. The van der Waals surface area contributed by atoms with Gasteiger partial charge >= 0.3 is 5.97 Å². The van der Waals surface area contributed by atoms with Crippen molar-refractivity contribution in [3.05, 3.63) is 29.3 Å². The Bertz CT molecular complexity index is 596. The predicted molar refractivity (Wildman–Crippen MR) is 74.1 cm³/mol. The van der Waals surface area contributed by atoms with Crippen molar-refractivity contribution in [1.82, 2.24) is 4.90 Å². The molecule has 21 heavy (non-hydrogen) atoms. The molecule has 1 aliphatic rings. The van der Waals surface area contributed by atoms with Crippen LogP contribution in [0, 0.1) is 12.8 Å². The van der Waals surface area contributed by atoms with Gasteiger partial charge in [0.15, 0.2) is 5.78 Å². The van der Waals surface area contributed by atoms with Gasteiger partial charge in [-0.05, 0) is 19.1 Å². The van der Waals surface area contributed by atoms with Gasteiger partial charge in [-0.2, -0.15) is 0 Å². The standard InChI is InChI=1S/C15H17NO5/c1-9-4-5-13(20-2)10(6-9)14(18)16-7-11(12(17)8-16)15(19)21-3/h4-6,11H,7-8H2,1-3H3. The Morgan fingerprint density at radius 1 is 1.29 bits per heavy atom. The second-order valence-corrected chi connectivity index (χ2v) is 4.93. The number of methoxy groups -OCH3 is 2. The lowest BCUT2D eigenvalue weighted by Gasteiger charge is -2.17. The van der Waals surface area contributed by atoms with Gasteiger partial charge in [0, 0.05) is 6.54 Å². The zero-order valence-corrected chi connectivity index (χ0v) is 12.2. The van der Waals surface area contributed by atoms with E-state index in [-0.39, 0.29) is 24.8 Å². The third-order valence-electron chi connectivity index (χ3n) is 3.50. The molecule has 1 aromatic rings. The number of benzene rings is 1. The van der Waals surface area contributed by atoms with Crippen LogP contribution in [0.5, 0.6) is 5.75 Å². The van der Waals surface area contributed by atoms with Crippen LogP contribution in [-0.4, -0.2) is 49.9 Å².